The monoisotopic (exact) mass is 373 g/mol. The molecule has 1 heterocycles. The molecule has 0 aliphatic carbocycles. The van der Waals surface area contributed by atoms with E-state index in [1.807, 2.05) is 17.9 Å². The predicted octanol–water partition coefficient (Wildman–Crippen LogP) is 2.71. The third kappa shape index (κ3) is 3.78. The van der Waals surface area contributed by atoms with Crippen molar-refractivity contribution in [1.82, 2.24) is 9.21 Å². The maximum absolute atomic E-state index is 13.1. The third-order valence-corrected chi connectivity index (χ3v) is 6.47. The van der Waals surface area contributed by atoms with Gasteiger partial charge in [0.1, 0.15) is 11.9 Å². The van der Waals surface area contributed by atoms with E-state index in [4.69, 9.17) is 0 Å². The van der Waals surface area contributed by atoms with Crippen molar-refractivity contribution in [3.05, 3.63) is 65.5 Å². The average Bonchev–Trinajstić information content (AvgIpc) is 2.64. The molecular weight excluding hydrogens is 353 g/mol. The molecule has 0 spiro atoms. The maximum Gasteiger partial charge on any atom is 0.243 e. The number of rotatable bonds is 4. The van der Waals surface area contributed by atoms with Crippen LogP contribution >= 0.6 is 0 Å². The lowest BCUT2D eigenvalue weighted by Gasteiger charge is -2.36. The van der Waals surface area contributed by atoms with Gasteiger partial charge in [-0.3, -0.25) is 4.90 Å². The quantitative estimate of drug-likeness (QED) is 0.827. The van der Waals surface area contributed by atoms with Crippen molar-refractivity contribution < 1.29 is 12.8 Å². The molecule has 0 amide bonds. The standard InChI is InChI=1S/C19H20FN3O2S/c1-15-3-2-4-18(13-15)26(24,25)23-11-9-22(10-12-23)19(14-21)16-5-7-17(20)8-6-16/h2-8,13,19H,9-12H2,1H3. The lowest BCUT2D eigenvalue weighted by atomic mass is 10.1. The smallest absolute Gasteiger partial charge is 0.243 e. The zero-order valence-corrected chi connectivity index (χ0v) is 15.3. The van der Waals surface area contributed by atoms with Crippen LogP contribution in [0.15, 0.2) is 53.4 Å². The highest BCUT2D eigenvalue weighted by atomic mass is 32.2. The summed E-state index contributed by atoms with van der Waals surface area (Å²) in [4.78, 5) is 2.22. The zero-order valence-electron chi connectivity index (χ0n) is 14.5. The van der Waals surface area contributed by atoms with Crippen molar-refractivity contribution in [2.24, 2.45) is 0 Å². The normalized spacial score (nSPS) is 17.6. The summed E-state index contributed by atoms with van der Waals surface area (Å²) >= 11 is 0. The summed E-state index contributed by atoms with van der Waals surface area (Å²) in [5, 5.41) is 9.52. The Balaban J connectivity index is 1.72. The molecule has 3 rings (SSSR count). The Labute approximate surface area is 153 Å². The van der Waals surface area contributed by atoms with E-state index in [0.717, 1.165) is 5.56 Å². The molecule has 0 saturated carbocycles. The van der Waals surface area contributed by atoms with E-state index in [1.165, 1.54) is 16.4 Å². The van der Waals surface area contributed by atoms with E-state index < -0.39 is 16.1 Å². The highest BCUT2D eigenvalue weighted by Gasteiger charge is 2.31. The lowest BCUT2D eigenvalue weighted by Crippen LogP contribution is -2.49. The molecular formula is C19H20FN3O2S. The van der Waals surface area contributed by atoms with Crippen LogP contribution in [0.5, 0.6) is 0 Å². The summed E-state index contributed by atoms with van der Waals surface area (Å²) in [5.74, 6) is -0.348. The Morgan fingerprint density at radius 3 is 2.31 bits per heavy atom. The van der Waals surface area contributed by atoms with Gasteiger partial charge in [0.15, 0.2) is 0 Å². The van der Waals surface area contributed by atoms with Crippen molar-refractivity contribution in [2.75, 3.05) is 26.2 Å². The summed E-state index contributed by atoms with van der Waals surface area (Å²) in [6.45, 7) is 3.38. The van der Waals surface area contributed by atoms with Crippen LogP contribution in [0.2, 0.25) is 0 Å². The Morgan fingerprint density at radius 2 is 1.73 bits per heavy atom. The third-order valence-electron chi connectivity index (χ3n) is 4.57. The van der Waals surface area contributed by atoms with E-state index in [0.29, 0.717) is 36.6 Å². The molecule has 0 radical (unpaired) electrons. The van der Waals surface area contributed by atoms with Gasteiger partial charge in [0.25, 0.3) is 0 Å². The molecule has 0 bridgehead atoms. The number of piperazine rings is 1. The Bertz CT molecular complexity index is 915. The second-order valence-corrected chi connectivity index (χ2v) is 8.28. The first-order valence-corrected chi connectivity index (χ1v) is 9.82. The maximum atomic E-state index is 13.1. The van der Waals surface area contributed by atoms with Gasteiger partial charge >= 0.3 is 0 Å². The van der Waals surface area contributed by atoms with E-state index in [9.17, 15) is 18.1 Å². The highest BCUT2D eigenvalue weighted by molar-refractivity contribution is 7.89. The largest absolute Gasteiger partial charge is 0.282 e. The molecule has 1 aliphatic rings. The fraction of sp³-hybridized carbons (Fsp3) is 0.316. The number of nitrogens with zero attached hydrogens (tertiary/aromatic N) is 3. The van der Waals surface area contributed by atoms with Crippen molar-refractivity contribution in [3.8, 4) is 6.07 Å². The highest BCUT2D eigenvalue weighted by Crippen LogP contribution is 2.24. The molecule has 0 N–H and O–H groups in total. The first-order chi connectivity index (χ1) is 12.4. The van der Waals surface area contributed by atoms with Gasteiger partial charge in [0, 0.05) is 26.2 Å². The average molecular weight is 373 g/mol. The van der Waals surface area contributed by atoms with E-state index in [2.05, 4.69) is 6.07 Å². The molecule has 5 nitrogen and oxygen atoms in total. The van der Waals surface area contributed by atoms with Crippen LogP contribution in [0.3, 0.4) is 0 Å². The number of benzene rings is 2. The molecule has 2 aromatic rings. The van der Waals surface area contributed by atoms with Gasteiger partial charge < -0.3 is 0 Å². The molecule has 1 fully saturated rings. The second-order valence-electron chi connectivity index (χ2n) is 6.34. The van der Waals surface area contributed by atoms with Crippen LogP contribution in [0.4, 0.5) is 4.39 Å². The molecule has 26 heavy (non-hydrogen) atoms. The topological polar surface area (TPSA) is 64.4 Å². The molecule has 1 unspecified atom stereocenters. The van der Waals surface area contributed by atoms with Gasteiger partial charge in [-0.05, 0) is 42.3 Å². The van der Waals surface area contributed by atoms with Crippen LogP contribution in [-0.4, -0.2) is 43.8 Å². The van der Waals surface area contributed by atoms with Crippen molar-refractivity contribution >= 4 is 10.0 Å². The van der Waals surface area contributed by atoms with Crippen LogP contribution in [0.1, 0.15) is 17.2 Å². The zero-order chi connectivity index (χ0) is 18.7. The van der Waals surface area contributed by atoms with E-state index in [-0.39, 0.29) is 5.82 Å². The van der Waals surface area contributed by atoms with Crippen LogP contribution < -0.4 is 0 Å². The molecule has 7 heteroatoms. The van der Waals surface area contributed by atoms with Gasteiger partial charge in [-0.15, -0.1) is 0 Å². The Kier molecular flexibility index (Phi) is 5.37. The summed E-state index contributed by atoms with van der Waals surface area (Å²) in [6, 6.07) is 14.4. The summed E-state index contributed by atoms with van der Waals surface area (Å²) in [6.07, 6.45) is 0. The second kappa shape index (κ2) is 7.54. The van der Waals surface area contributed by atoms with Gasteiger partial charge in [-0.2, -0.15) is 9.57 Å². The van der Waals surface area contributed by atoms with Crippen molar-refractivity contribution in [1.29, 1.82) is 5.26 Å². The molecule has 2 aromatic carbocycles. The molecule has 1 atom stereocenters. The van der Waals surface area contributed by atoms with Crippen LogP contribution in [-0.2, 0) is 10.0 Å². The lowest BCUT2D eigenvalue weighted by molar-refractivity contribution is 0.162. The molecule has 1 aliphatic heterocycles. The van der Waals surface area contributed by atoms with Gasteiger partial charge in [-0.1, -0.05) is 24.3 Å². The number of nitriles is 1. The number of halogens is 1. The summed E-state index contributed by atoms with van der Waals surface area (Å²) < 4.78 is 40.1. The van der Waals surface area contributed by atoms with Crippen LogP contribution in [0, 0.1) is 24.1 Å². The van der Waals surface area contributed by atoms with Crippen molar-refractivity contribution in [3.63, 3.8) is 0 Å². The fourth-order valence-electron chi connectivity index (χ4n) is 3.14. The summed E-state index contributed by atoms with van der Waals surface area (Å²) in [5.41, 5.74) is 1.61. The van der Waals surface area contributed by atoms with E-state index in [1.54, 1.807) is 30.3 Å². The SMILES string of the molecule is Cc1cccc(S(=O)(=O)N2CCN(C(C#N)c3ccc(F)cc3)CC2)c1. The first-order valence-electron chi connectivity index (χ1n) is 8.38. The number of hydrogen-bond acceptors (Lipinski definition) is 4. The van der Waals surface area contributed by atoms with Gasteiger partial charge in [-0.25, -0.2) is 12.8 Å². The van der Waals surface area contributed by atoms with Crippen molar-refractivity contribution in [2.45, 2.75) is 17.9 Å². The minimum atomic E-state index is -3.54. The number of sulfonamides is 1. The van der Waals surface area contributed by atoms with Gasteiger partial charge in [0.05, 0.1) is 11.0 Å². The number of aryl methyl sites for hydroxylation is 1. The molecule has 1 saturated heterocycles. The Hall–Kier alpha value is -2.27. The first kappa shape index (κ1) is 18.5. The fourth-order valence-corrected chi connectivity index (χ4v) is 4.67. The minimum Gasteiger partial charge on any atom is -0.282 e. The van der Waals surface area contributed by atoms with Gasteiger partial charge in [0.2, 0.25) is 10.0 Å². The summed E-state index contributed by atoms with van der Waals surface area (Å²) in [7, 11) is -3.54. The minimum absolute atomic E-state index is 0.293. The Morgan fingerprint density at radius 1 is 1.08 bits per heavy atom. The van der Waals surface area contributed by atoms with E-state index >= 15 is 0 Å². The number of hydrogen-bond donors (Lipinski definition) is 0. The van der Waals surface area contributed by atoms with Crippen LogP contribution in [0.25, 0.3) is 0 Å². The predicted molar refractivity (Wildman–Crippen MR) is 96.3 cm³/mol. The molecule has 0 aromatic heterocycles. The molecule has 136 valence electrons.